The third-order valence-corrected chi connectivity index (χ3v) is 4.83. The standard InChI is InChI=1S/C18H19N3O/c1-11-10-12(8-9-19-11)18-17-14-4-2-3-5-16(22)13(14)6-7-15(17)20-21-18/h8-10,18H,2-7H2,1H3. The van der Waals surface area contributed by atoms with E-state index in [1.807, 2.05) is 19.2 Å². The molecule has 22 heavy (non-hydrogen) atoms. The number of azo groups is 1. The number of carbonyl (C=O) groups excluding carboxylic acids is 1. The van der Waals surface area contributed by atoms with Gasteiger partial charge in [-0.2, -0.15) is 10.2 Å². The average molecular weight is 293 g/mol. The highest BCUT2D eigenvalue weighted by molar-refractivity contribution is 5.97. The van der Waals surface area contributed by atoms with Crippen molar-refractivity contribution in [1.29, 1.82) is 0 Å². The summed E-state index contributed by atoms with van der Waals surface area (Å²) in [6.45, 7) is 1.99. The summed E-state index contributed by atoms with van der Waals surface area (Å²) in [5.41, 5.74) is 6.72. The maximum Gasteiger partial charge on any atom is 0.159 e. The average Bonchev–Trinajstić information content (AvgIpc) is 2.86. The number of hydrogen-bond donors (Lipinski definition) is 0. The van der Waals surface area contributed by atoms with Crippen molar-refractivity contribution >= 4 is 5.78 Å². The lowest BCUT2D eigenvalue weighted by Crippen LogP contribution is -2.12. The summed E-state index contributed by atoms with van der Waals surface area (Å²) in [7, 11) is 0. The Balaban J connectivity index is 1.80. The van der Waals surface area contributed by atoms with Crippen molar-refractivity contribution in [3.05, 3.63) is 52.0 Å². The number of rotatable bonds is 1. The molecule has 2 heterocycles. The van der Waals surface area contributed by atoms with Gasteiger partial charge in [0.05, 0.1) is 5.70 Å². The molecule has 1 atom stereocenters. The molecule has 0 saturated heterocycles. The van der Waals surface area contributed by atoms with Crippen molar-refractivity contribution < 1.29 is 4.79 Å². The highest BCUT2D eigenvalue weighted by Gasteiger charge is 2.34. The minimum absolute atomic E-state index is 0.0482. The van der Waals surface area contributed by atoms with Gasteiger partial charge in [0.15, 0.2) is 5.78 Å². The van der Waals surface area contributed by atoms with E-state index in [4.69, 9.17) is 0 Å². The topological polar surface area (TPSA) is 54.7 Å². The van der Waals surface area contributed by atoms with E-state index in [-0.39, 0.29) is 6.04 Å². The molecule has 0 saturated carbocycles. The second-order valence-electron chi connectivity index (χ2n) is 6.30. The lowest BCUT2D eigenvalue weighted by atomic mass is 9.81. The van der Waals surface area contributed by atoms with Crippen molar-refractivity contribution in [2.75, 3.05) is 0 Å². The Morgan fingerprint density at radius 3 is 2.82 bits per heavy atom. The Kier molecular flexibility index (Phi) is 3.25. The summed E-state index contributed by atoms with van der Waals surface area (Å²) in [6, 6.07) is 4.04. The van der Waals surface area contributed by atoms with Crippen LogP contribution in [0.4, 0.5) is 0 Å². The van der Waals surface area contributed by atoms with Crippen molar-refractivity contribution in [1.82, 2.24) is 4.98 Å². The van der Waals surface area contributed by atoms with Crippen LogP contribution in [0.25, 0.3) is 0 Å². The maximum absolute atomic E-state index is 12.4. The number of pyridine rings is 1. The summed E-state index contributed by atoms with van der Waals surface area (Å²) in [5, 5.41) is 8.95. The van der Waals surface area contributed by atoms with Gasteiger partial charge in [0.2, 0.25) is 0 Å². The molecule has 1 aromatic heterocycles. The molecule has 0 aromatic carbocycles. The number of nitrogens with zero attached hydrogens (tertiary/aromatic N) is 3. The van der Waals surface area contributed by atoms with Crippen molar-refractivity contribution in [2.45, 2.75) is 51.5 Å². The van der Waals surface area contributed by atoms with E-state index in [0.717, 1.165) is 54.6 Å². The fourth-order valence-electron chi connectivity index (χ4n) is 3.78. The smallest absolute Gasteiger partial charge is 0.159 e. The van der Waals surface area contributed by atoms with Crippen LogP contribution < -0.4 is 0 Å². The molecule has 4 heteroatoms. The minimum atomic E-state index is -0.0482. The molecule has 2 aliphatic carbocycles. The number of hydrogen-bond acceptors (Lipinski definition) is 4. The van der Waals surface area contributed by atoms with Gasteiger partial charge in [0, 0.05) is 23.9 Å². The van der Waals surface area contributed by atoms with Gasteiger partial charge in [0.1, 0.15) is 6.04 Å². The molecule has 1 aromatic rings. The zero-order valence-corrected chi connectivity index (χ0v) is 12.8. The van der Waals surface area contributed by atoms with Gasteiger partial charge in [-0.3, -0.25) is 9.78 Å². The molecule has 0 N–H and O–H groups in total. The van der Waals surface area contributed by atoms with E-state index in [1.54, 1.807) is 0 Å². The van der Waals surface area contributed by atoms with Gasteiger partial charge in [-0.25, -0.2) is 0 Å². The van der Waals surface area contributed by atoms with Crippen LogP contribution in [0.5, 0.6) is 0 Å². The van der Waals surface area contributed by atoms with Crippen LogP contribution in [0.1, 0.15) is 55.8 Å². The molecule has 1 aliphatic heterocycles. The quantitative estimate of drug-likeness (QED) is 0.771. The number of allylic oxidation sites excluding steroid dienone is 2. The summed E-state index contributed by atoms with van der Waals surface area (Å²) in [5.74, 6) is 0.343. The van der Waals surface area contributed by atoms with E-state index >= 15 is 0 Å². The fraction of sp³-hybridized carbons (Fsp3) is 0.444. The predicted molar refractivity (Wildman–Crippen MR) is 83.3 cm³/mol. The molecular formula is C18H19N3O. The summed E-state index contributed by atoms with van der Waals surface area (Å²) >= 11 is 0. The third-order valence-electron chi connectivity index (χ3n) is 4.83. The second kappa shape index (κ2) is 5.27. The van der Waals surface area contributed by atoms with Gasteiger partial charge >= 0.3 is 0 Å². The van der Waals surface area contributed by atoms with Crippen molar-refractivity contribution in [2.24, 2.45) is 10.2 Å². The molecule has 0 radical (unpaired) electrons. The van der Waals surface area contributed by atoms with Crippen LogP contribution in [0.2, 0.25) is 0 Å². The molecule has 4 rings (SSSR count). The van der Waals surface area contributed by atoms with Gasteiger partial charge < -0.3 is 0 Å². The fourth-order valence-corrected chi connectivity index (χ4v) is 3.78. The molecule has 3 aliphatic rings. The number of aryl methyl sites for hydroxylation is 1. The number of carbonyl (C=O) groups is 1. The second-order valence-corrected chi connectivity index (χ2v) is 6.30. The zero-order chi connectivity index (χ0) is 15.1. The zero-order valence-electron chi connectivity index (χ0n) is 12.8. The monoisotopic (exact) mass is 293 g/mol. The first-order valence-electron chi connectivity index (χ1n) is 8.06. The van der Waals surface area contributed by atoms with Crippen LogP contribution in [-0.4, -0.2) is 10.8 Å². The summed E-state index contributed by atoms with van der Waals surface area (Å²) in [4.78, 5) is 16.7. The third kappa shape index (κ3) is 2.14. The Labute approximate surface area is 130 Å². The van der Waals surface area contributed by atoms with Crippen LogP contribution >= 0.6 is 0 Å². The van der Waals surface area contributed by atoms with E-state index < -0.39 is 0 Å². The number of aromatic nitrogens is 1. The van der Waals surface area contributed by atoms with Crippen LogP contribution in [0.3, 0.4) is 0 Å². The maximum atomic E-state index is 12.4. The Bertz CT molecular complexity index is 742. The van der Waals surface area contributed by atoms with Crippen molar-refractivity contribution in [3.8, 4) is 0 Å². The minimum Gasteiger partial charge on any atom is -0.295 e. The first kappa shape index (κ1) is 13.6. The van der Waals surface area contributed by atoms with Crippen LogP contribution in [0, 0.1) is 6.92 Å². The van der Waals surface area contributed by atoms with Gasteiger partial charge in [-0.05, 0) is 67.9 Å². The lowest BCUT2D eigenvalue weighted by Gasteiger charge is -2.22. The highest BCUT2D eigenvalue weighted by Crippen LogP contribution is 2.47. The molecular weight excluding hydrogens is 274 g/mol. The Hall–Kier alpha value is -2.10. The molecule has 0 bridgehead atoms. The van der Waals surface area contributed by atoms with Crippen LogP contribution in [-0.2, 0) is 4.79 Å². The number of Topliss-reactive ketones (excluding diaryl/α,β-unsaturated/α-hetero) is 1. The van der Waals surface area contributed by atoms with Crippen LogP contribution in [0.15, 0.2) is 51.0 Å². The highest BCUT2D eigenvalue weighted by atomic mass is 16.1. The first-order valence-corrected chi connectivity index (χ1v) is 8.06. The largest absolute Gasteiger partial charge is 0.295 e. The van der Waals surface area contributed by atoms with E-state index in [2.05, 4.69) is 21.3 Å². The normalized spacial score (nSPS) is 24.4. The Morgan fingerprint density at radius 2 is 1.95 bits per heavy atom. The molecule has 0 spiro atoms. The number of fused-ring (bicyclic) bond motifs is 1. The molecule has 0 fully saturated rings. The predicted octanol–water partition coefficient (Wildman–Crippen LogP) is 4.38. The van der Waals surface area contributed by atoms with E-state index in [9.17, 15) is 4.79 Å². The summed E-state index contributed by atoms with van der Waals surface area (Å²) in [6.07, 6.45) is 7.30. The number of ketones is 1. The van der Waals surface area contributed by atoms with E-state index in [0.29, 0.717) is 12.2 Å². The first-order chi connectivity index (χ1) is 10.7. The van der Waals surface area contributed by atoms with Crippen molar-refractivity contribution in [3.63, 3.8) is 0 Å². The molecule has 1 unspecified atom stereocenters. The molecule has 4 nitrogen and oxygen atoms in total. The van der Waals surface area contributed by atoms with Gasteiger partial charge in [-0.15, -0.1) is 0 Å². The van der Waals surface area contributed by atoms with E-state index in [1.165, 1.54) is 11.1 Å². The summed E-state index contributed by atoms with van der Waals surface area (Å²) < 4.78 is 0. The lowest BCUT2D eigenvalue weighted by molar-refractivity contribution is -0.115. The SMILES string of the molecule is Cc1cc(C2N=NC3=C2C2=C(CC3)C(=O)CCCC2)ccn1. The van der Waals surface area contributed by atoms with Gasteiger partial charge in [0.25, 0.3) is 0 Å². The molecule has 0 amide bonds. The Morgan fingerprint density at radius 1 is 1.09 bits per heavy atom. The molecule has 112 valence electrons. The van der Waals surface area contributed by atoms with Gasteiger partial charge in [-0.1, -0.05) is 0 Å².